The molecular formula is C10H12N2. The van der Waals surface area contributed by atoms with Crippen LogP contribution >= 0.6 is 0 Å². The lowest BCUT2D eigenvalue weighted by Gasteiger charge is -2.03. The summed E-state index contributed by atoms with van der Waals surface area (Å²) in [6.45, 7) is 4.07. The summed E-state index contributed by atoms with van der Waals surface area (Å²) >= 11 is 0. The molecule has 62 valence electrons. The van der Waals surface area contributed by atoms with Crippen molar-refractivity contribution >= 4 is 0 Å². The van der Waals surface area contributed by atoms with Crippen LogP contribution in [0.3, 0.4) is 0 Å². The monoisotopic (exact) mass is 160 g/mol. The molecule has 2 heteroatoms. The molecule has 1 aromatic heterocycles. The van der Waals surface area contributed by atoms with E-state index < -0.39 is 0 Å². The molecule has 0 saturated heterocycles. The average molecular weight is 160 g/mol. The highest BCUT2D eigenvalue weighted by molar-refractivity contribution is 5.40. The quantitative estimate of drug-likeness (QED) is 0.664. The molecule has 0 unspecified atom stereocenters. The third-order valence-electron chi connectivity index (χ3n) is 1.94. The highest BCUT2D eigenvalue weighted by Gasteiger charge is 2.04. The maximum absolute atomic E-state index is 8.87. The Morgan fingerprint density at radius 2 is 2.17 bits per heavy atom. The van der Waals surface area contributed by atoms with Crippen molar-refractivity contribution in [2.75, 3.05) is 0 Å². The number of nitrogens with zero attached hydrogens (tertiary/aromatic N) is 2. The maximum atomic E-state index is 8.87. The Hall–Kier alpha value is -1.36. The first-order chi connectivity index (χ1) is 5.83. The fraction of sp³-hybridized carbons (Fsp3) is 0.400. The summed E-state index contributed by atoms with van der Waals surface area (Å²) in [7, 11) is 0. The number of rotatable bonds is 2. The normalized spacial score (nSPS) is 9.42. The Bertz CT molecular complexity index is 288. The topological polar surface area (TPSA) is 36.7 Å². The van der Waals surface area contributed by atoms with E-state index in [0.29, 0.717) is 0 Å². The molecule has 0 atom stereocenters. The van der Waals surface area contributed by atoms with E-state index in [1.807, 2.05) is 13.0 Å². The molecule has 0 spiro atoms. The van der Waals surface area contributed by atoms with Crippen LogP contribution in [0.25, 0.3) is 0 Å². The lowest BCUT2D eigenvalue weighted by atomic mass is 10.0. The molecule has 0 radical (unpaired) electrons. The van der Waals surface area contributed by atoms with Gasteiger partial charge in [-0.1, -0.05) is 13.8 Å². The number of aryl methyl sites for hydroxylation is 2. The van der Waals surface area contributed by atoms with Crippen LogP contribution in [0.15, 0.2) is 12.3 Å². The van der Waals surface area contributed by atoms with Gasteiger partial charge in [-0.3, -0.25) is 4.98 Å². The third-order valence-corrected chi connectivity index (χ3v) is 1.94. The van der Waals surface area contributed by atoms with E-state index in [0.717, 1.165) is 29.7 Å². The first-order valence-corrected chi connectivity index (χ1v) is 4.20. The van der Waals surface area contributed by atoms with Crippen molar-refractivity contribution in [2.24, 2.45) is 0 Å². The molecule has 0 saturated carbocycles. The first kappa shape index (κ1) is 8.73. The van der Waals surface area contributed by atoms with Gasteiger partial charge in [0.1, 0.15) is 6.07 Å². The lowest BCUT2D eigenvalue weighted by molar-refractivity contribution is 0.991. The molecule has 0 aliphatic heterocycles. The third kappa shape index (κ3) is 1.45. The Labute approximate surface area is 72.9 Å². The van der Waals surface area contributed by atoms with Crippen molar-refractivity contribution in [2.45, 2.75) is 26.7 Å². The van der Waals surface area contributed by atoms with E-state index in [4.69, 9.17) is 5.26 Å². The highest BCUT2D eigenvalue weighted by atomic mass is 14.7. The van der Waals surface area contributed by atoms with Crippen LogP contribution in [-0.4, -0.2) is 4.98 Å². The molecular weight excluding hydrogens is 148 g/mol. The number of hydrogen-bond acceptors (Lipinski definition) is 2. The smallest absolute Gasteiger partial charge is 0.101 e. The maximum Gasteiger partial charge on any atom is 0.101 e. The summed E-state index contributed by atoms with van der Waals surface area (Å²) in [6.07, 6.45) is 3.51. The van der Waals surface area contributed by atoms with Gasteiger partial charge in [0.15, 0.2) is 0 Å². The Morgan fingerprint density at radius 3 is 2.67 bits per heavy atom. The number of nitriles is 1. The van der Waals surface area contributed by atoms with Crippen molar-refractivity contribution < 1.29 is 0 Å². The van der Waals surface area contributed by atoms with Crippen LogP contribution in [0.5, 0.6) is 0 Å². The van der Waals surface area contributed by atoms with E-state index in [1.54, 1.807) is 6.20 Å². The Balaban J connectivity index is 3.25. The molecule has 0 N–H and O–H groups in total. The van der Waals surface area contributed by atoms with Crippen LogP contribution in [0.1, 0.15) is 30.7 Å². The van der Waals surface area contributed by atoms with E-state index in [-0.39, 0.29) is 0 Å². The fourth-order valence-corrected chi connectivity index (χ4v) is 1.25. The minimum absolute atomic E-state index is 0.766. The van der Waals surface area contributed by atoms with Gasteiger partial charge in [-0.15, -0.1) is 0 Å². The fourth-order valence-electron chi connectivity index (χ4n) is 1.25. The van der Waals surface area contributed by atoms with Gasteiger partial charge >= 0.3 is 0 Å². The Kier molecular flexibility index (Phi) is 2.82. The zero-order valence-corrected chi connectivity index (χ0v) is 7.46. The number of hydrogen-bond donors (Lipinski definition) is 0. The van der Waals surface area contributed by atoms with Crippen LogP contribution in [0, 0.1) is 11.3 Å². The molecule has 0 aromatic carbocycles. The lowest BCUT2D eigenvalue weighted by Crippen LogP contribution is -1.97. The van der Waals surface area contributed by atoms with Crippen molar-refractivity contribution in [3.8, 4) is 6.07 Å². The summed E-state index contributed by atoms with van der Waals surface area (Å²) in [6, 6.07) is 4.12. The molecule has 1 heterocycles. The van der Waals surface area contributed by atoms with Crippen molar-refractivity contribution in [1.29, 1.82) is 5.26 Å². The average Bonchev–Trinajstić information content (AvgIpc) is 2.16. The molecule has 0 bridgehead atoms. The second-order valence-electron chi connectivity index (χ2n) is 2.61. The summed E-state index contributed by atoms with van der Waals surface area (Å²) in [4.78, 5) is 4.15. The summed E-state index contributed by atoms with van der Waals surface area (Å²) in [5.41, 5.74) is 2.78. The van der Waals surface area contributed by atoms with E-state index in [1.165, 1.54) is 0 Å². The largest absolute Gasteiger partial charge is 0.260 e. The number of aromatic nitrogens is 1. The van der Waals surface area contributed by atoms with E-state index in [2.05, 4.69) is 18.0 Å². The molecule has 0 amide bonds. The van der Waals surface area contributed by atoms with Gasteiger partial charge in [0.25, 0.3) is 0 Å². The van der Waals surface area contributed by atoms with Crippen LogP contribution < -0.4 is 0 Å². The van der Waals surface area contributed by atoms with Gasteiger partial charge in [-0.25, -0.2) is 0 Å². The van der Waals surface area contributed by atoms with Crippen LogP contribution in [0.4, 0.5) is 0 Å². The van der Waals surface area contributed by atoms with Gasteiger partial charge in [0, 0.05) is 6.20 Å². The first-order valence-electron chi connectivity index (χ1n) is 4.20. The molecule has 1 aromatic rings. The predicted octanol–water partition coefficient (Wildman–Crippen LogP) is 2.08. The van der Waals surface area contributed by atoms with Gasteiger partial charge in [-0.2, -0.15) is 5.26 Å². The minimum Gasteiger partial charge on any atom is -0.260 e. The Morgan fingerprint density at radius 1 is 1.42 bits per heavy atom. The molecule has 0 aliphatic carbocycles. The SMILES string of the molecule is CCc1ccnc(CC)c1C#N. The summed E-state index contributed by atoms with van der Waals surface area (Å²) in [5.74, 6) is 0. The van der Waals surface area contributed by atoms with E-state index in [9.17, 15) is 0 Å². The van der Waals surface area contributed by atoms with Gasteiger partial charge in [0.05, 0.1) is 11.3 Å². The number of pyridine rings is 1. The zero-order chi connectivity index (χ0) is 8.97. The van der Waals surface area contributed by atoms with E-state index >= 15 is 0 Å². The minimum atomic E-state index is 0.766. The molecule has 12 heavy (non-hydrogen) atoms. The molecule has 0 fully saturated rings. The zero-order valence-electron chi connectivity index (χ0n) is 7.46. The molecule has 0 aliphatic rings. The summed E-state index contributed by atoms with van der Waals surface area (Å²) in [5, 5.41) is 8.87. The standard InChI is InChI=1S/C10H12N2/c1-3-8-5-6-12-10(4-2)9(8)7-11/h5-6H,3-4H2,1-2H3. The van der Waals surface area contributed by atoms with Gasteiger partial charge < -0.3 is 0 Å². The second kappa shape index (κ2) is 3.87. The van der Waals surface area contributed by atoms with Gasteiger partial charge in [0.2, 0.25) is 0 Å². The summed E-state index contributed by atoms with van der Waals surface area (Å²) < 4.78 is 0. The molecule has 1 rings (SSSR count). The van der Waals surface area contributed by atoms with Crippen LogP contribution in [0.2, 0.25) is 0 Å². The second-order valence-corrected chi connectivity index (χ2v) is 2.61. The van der Waals surface area contributed by atoms with Gasteiger partial charge in [-0.05, 0) is 24.5 Å². The van der Waals surface area contributed by atoms with Crippen molar-refractivity contribution in [3.63, 3.8) is 0 Å². The van der Waals surface area contributed by atoms with Crippen molar-refractivity contribution in [1.82, 2.24) is 4.98 Å². The highest BCUT2D eigenvalue weighted by Crippen LogP contribution is 2.11. The van der Waals surface area contributed by atoms with Crippen LogP contribution in [-0.2, 0) is 12.8 Å². The predicted molar refractivity (Wildman–Crippen MR) is 47.7 cm³/mol. The van der Waals surface area contributed by atoms with Crippen molar-refractivity contribution in [3.05, 3.63) is 29.1 Å². The molecule has 2 nitrogen and oxygen atoms in total.